The number of rotatable bonds is 3. The molecule has 5 heteroatoms. The first-order valence-electron chi connectivity index (χ1n) is 7.12. The molecule has 3 rings (SSSR count). The van der Waals surface area contributed by atoms with Crippen molar-refractivity contribution in [2.24, 2.45) is 0 Å². The molecule has 5 nitrogen and oxygen atoms in total. The van der Waals surface area contributed by atoms with Gasteiger partial charge in [0.25, 0.3) is 0 Å². The molecule has 2 aromatic rings. The summed E-state index contributed by atoms with van der Waals surface area (Å²) in [6, 6.07) is 7.80. The molecule has 0 fully saturated rings. The summed E-state index contributed by atoms with van der Waals surface area (Å²) in [5.74, 6) is 1.65. The number of nitrogens with two attached hydrogens (primary N) is 1. The number of aromatic nitrogens is 1. The highest BCUT2D eigenvalue weighted by Gasteiger charge is 2.23. The van der Waals surface area contributed by atoms with Gasteiger partial charge in [0.2, 0.25) is 0 Å². The highest BCUT2D eigenvalue weighted by atomic mass is 16.5. The second-order valence-electron chi connectivity index (χ2n) is 5.24. The van der Waals surface area contributed by atoms with Crippen LogP contribution in [0.2, 0.25) is 0 Å². The van der Waals surface area contributed by atoms with Crippen LogP contribution in [0.4, 0.5) is 5.82 Å². The lowest BCUT2D eigenvalue weighted by Crippen LogP contribution is -2.04. The van der Waals surface area contributed by atoms with Gasteiger partial charge in [0, 0.05) is 17.3 Å². The number of pyridine rings is 1. The second kappa shape index (κ2) is 5.57. The molecule has 0 unspecified atom stereocenters. The molecule has 0 saturated heterocycles. The molecule has 0 saturated carbocycles. The van der Waals surface area contributed by atoms with Crippen LogP contribution in [0.1, 0.15) is 23.2 Å². The third-order valence-corrected chi connectivity index (χ3v) is 4.00. The minimum atomic E-state index is 0.292. The predicted molar refractivity (Wildman–Crippen MR) is 83.9 cm³/mol. The van der Waals surface area contributed by atoms with Gasteiger partial charge in [-0.15, -0.1) is 0 Å². The van der Waals surface area contributed by atoms with Crippen LogP contribution in [0.25, 0.3) is 11.1 Å². The van der Waals surface area contributed by atoms with Crippen LogP contribution in [-0.4, -0.2) is 19.2 Å². The fourth-order valence-corrected chi connectivity index (χ4v) is 2.98. The third-order valence-electron chi connectivity index (χ3n) is 4.00. The van der Waals surface area contributed by atoms with Crippen LogP contribution in [0.5, 0.6) is 11.5 Å². The molecule has 22 heavy (non-hydrogen) atoms. The lowest BCUT2D eigenvalue weighted by Gasteiger charge is -2.14. The summed E-state index contributed by atoms with van der Waals surface area (Å²) in [6.07, 6.45) is 2.84. The number of nitrogen functional groups attached to an aromatic ring is 1. The SMILES string of the molecule is COc1cc(OC)cc(-c2c(C#N)c(N)nc3c2CCC3)c1. The Hall–Kier alpha value is -2.74. The van der Waals surface area contributed by atoms with E-state index in [1.165, 1.54) is 0 Å². The van der Waals surface area contributed by atoms with E-state index in [9.17, 15) is 5.26 Å². The highest BCUT2D eigenvalue weighted by molar-refractivity contribution is 5.81. The van der Waals surface area contributed by atoms with Gasteiger partial charge in [0.15, 0.2) is 0 Å². The standard InChI is InChI=1S/C17H17N3O2/c1-21-11-6-10(7-12(8-11)22-2)16-13-4-3-5-15(13)20-17(19)14(16)9-18/h6-8H,3-5H2,1-2H3,(H2,19,20). The predicted octanol–water partition coefficient (Wildman–Crippen LogP) is 2.71. The fourth-order valence-electron chi connectivity index (χ4n) is 2.98. The molecule has 1 aliphatic rings. The Morgan fingerprint density at radius 3 is 2.41 bits per heavy atom. The van der Waals surface area contributed by atoms with Gasteiger partial charge in [-0.1, -0.05) is 0 Å². The van der Waals surface area contributed by atoms with Gasteiger partial charge >= 0.3 is 0 Å². The normalized spacial score (nSPS) is 12.6. The minimum Gasteiger partial charge on any atom is -0.497 e. The zero-order chi connectivity index (χ0) is 15.7. The van der Waals surface area contributed by atoms with Crippen molar-refractivity contribution in [3.8, 4) is 28.7 Å². The Balaban J connectivity index is 2.31. The summed E-state index contributed by atoms with van der Waals surface area (Å²) >= 11 is 0. The van der Waals surface area contributed by atoms with Crippen molar-refractivity contribution in [3.05, 3.63) is 35.0 Å². The largest absolute Gasteiger partial charge is 0.497 e. The van der Waals surface area contributed by atoms with E-state index in [0.29, 0.717) is 22.9 Å². The first kappa shape index (κ1) is 14.2. The van der Waals surface area contributed by atoms with Crippen molar-refractivity contribution in [2.45, 2.75) is 19.3 Å². The summed E-state index contributed by atoms with van der Waals surface area (Å²) in [5.41, 5.74) is 10.3. The number of fused-ring (bicyclic) bond motifs is 1. The summed E-state index contributed by atoms with van der Waals surface area (Å²) in [7, 11) is 3.21. The lowest BCUT2D eigenvalue weighted by atomic mass is 9.94. The number of nitriles is 1. The van der Waals surface area contributed by atoms with Crippen molar-refractivity contribution in [1.82, 2.24) is 4.98 Å². The number of nitrogens with zero attached hydrogens (tertiary/aromatic N) is 2. The number of benzene rings is 1. The highest BCUT2D eigenvalue weighted by Crippen LogP contribution is 2.39. The second-order valence-corrected chi connectivity index (χ2v) is 5.24. The van der Waals surface area contributed by atoms with Gasteiger partial charge in [-0.05, 0) is 42.5 Å². The van der Waals surface area contributed by atoms with Crippen molar-refractivity contribution >= 4 is 5.82 Å². The molecule has 0 atom stereocenters. The molecular formula is C17H17N3O2. The maximum absolute atomic E-state index is 9.51. The lowest BCUT2D eigenvalue weighted by molar-refractivity contribution is 0.394. The Morgan fingerprint density at radius 2 is 1.82 bits per heavy atom. The van der Waals surface area contributed by atoms with E-state index >= 15 is 0 Å². The number of hydrogen-bond donors (Lipinski definition) is 1. The van der Waals surface area contributed by atoms with Gasteiger partial charge in [-0.2, -0.15) is 5.26 Å². The van der Waals surface area contributed by atoms with E-state index in [-0.39, 0.29) is 0 Å². The maximum atomic E-state index is 9.51. The molecule has 0 bridgehead atoms. The van der Waals surface area contributed by atoms with Crippen LogP contribution in [0, 0.1) is 11.3 Å². The van der Waals surface area contributed by atoms with Crippen LogP contribution in [-0.2, 0) is 12.8 Å². The van der Waals surface area contributed by atoms with E-state index < -0.39 is 0 Å². The molecule has 1 heterocycles. The van der Waals surface area contributed by atoms with Gasteiger partial charge in [0.1, 0.15) is 28.9 Å². The van der Waals surface area contributed by atoms with E-state index in [1.54, 1.807) is 20.3 Å². The first-order chi connectivity index (χ1) is 10.7. The molecule has 1 aromatic heterocycles. The van der Waals surface area contributed by atoms with Crippen LogP contribution in [0.15, 0.2) is 18.2 Å². The molecule has 2 N–H and O–H groups in total. The van der Waals surface area contributed by atoms with E-state index in [2.05, 4.69) is 11.1 Å². The Labute approximate surface area is 129 Å². The van der Waals surface area contributed by atoms with E-state index in [4.69, 9.17) is 15.2 Å². The molecule has 1 aromatic carbocycles. The van der Waals surface area contributed by atoms with Crippen LogP contribution in [0.3, 0.4) is 0 Å². The molecule has 0 spiro atoms. The Bertz CT molecular complexity index is 755. The Morgan fingerprint density at radius 1 is 1.14 bits per heavy atom. The maximum Gasteiger partial charge on any atom is 0.142 e. The zero-order valence-corrected chi connectivity index (χ0v) is 12.6. The minimum absolute atomic E-state index is 0.292. The molecule has 0 radical (unpaired) electrons. The summed E-state index contributed by atoms with van der Waals surface area (Å²) in [6.45, 7) is 0. The van der Waals surface area contributed by atoms with Crippen LogP contribution >= 0.6 is 0 Å². The Kier molecular flexibility index (Phi) is 3.60. The van der Waals surface area contributed by atoms with E-state index in [0.717, 1.165) is 41.6 Å². The smallest absolute Gasteiger partial charge is 0.142 e. The average Bonchev–Trinajstić information content (AvgIpc) is 3.00. The van der Waals surface area contributed by atoms with Gasteiger partial charge in [0.05, 0.1) is 14.2 Å². The van der Waals surface area contributed by atoms with Gasteiger partial charge in [-0.3, -0.25) is 0 Å². The van der Waals surface area contributed by atoms with Crippen molar-refractivity contribution in [2.75, 3.05) is 20.0 Å². The number of anilines is 1. The van der Waals surface area contributed by atoms with Gasteiger partial charge in [-0.25, -0.2) is 4.98 Å². The van der Waals surface area contributed by atoms with Crippen molar-refractivity contribution in [3.63, 3.8) is 0 Å². The fraction of sp³-hybridized carbons (Fsp3) is 0.294. The van der Waals surface area contributed by atoms with Crippen molar-refractivity contribution in [1.29, 1.82) is 5.26 Å². The average molecular weight is 295 g/mol. The quantitative estimate of drug-likeness (QED) is 0.941. The van der Waals surface area contributed by atoms with Crippen LogP contribution < -0.4 is 15.2 Å². The third kappa shape index (κ3) is 2.23. The first-order valence-corrected chi connectivity index (χ1v) is 7.12. The van der Waals surface area contributed by atoms with Crippen molar-refractivity contribution < 1.29 is 9.47 Å². The number of aryl methyl sites for hydroxylation is 1. The summed E-state index contributed by atoms with van der Waals surface area (Å²) in [5, 5.41) is 9.51. The van der Waals surface area contributed by atoms with E-state index in [1.807, 2.05) is 12.1 Å². The molecule has 0 amide bonds. The zero-order valence-electron chi connectivity index (χ0n) is 12.6. The topological polar surface area (TPSA) is 81.2 Å². The summed E-state index contributed by atoms with van der Waals surface area (Å²) < 4.78 is 10.7. The number of hydrogen-bond acceptors (Lipinski definition) is 5. The monoisotopic (exact) mass is 295 g/mol. The van der Waals surface area contributed by atoms with Gasteiger partial charge < -0.3 is 15.2 Å². The molecular weight excluding hydrogens is 278 g/mol. The molecule has 1 aliphatic carbocycles. The number of methoxy groups -OCH3 is 2. The molecule has 112 valence electrons. The number of ether oxygens (including phenoxy) is 2. The summed E-state index contributed by atoms with van der Waals surface area (Å²) in [4.78, 5) is 4.39. The molecule has 0 aliphatic heterocycles.